The molecule has 0 aromatic carbocycles. The van der Waals surface area contributed by atoms with Crippen LogP contribution in [0.2, 0.25) is 5.02 Å². The van der Waals surface area contributed by atoms with Crippen molar-refractivity contribution >= 4 is 17.7 Å². The number of amides is 1. The molecule has 1 amide bonds. The van der Waals surface area contributed by atoms with Crippen LogP contribution in [0.5, 0.6) is 0 Å². The number of hydrogen-bond acceptors (Lipinski definition) is 2. The fourth-order valence-electron chi connectivity index (χ4n) is 1.56. The number of carboxylic acid groups (broad SMARTS) is 1. The van der Waals surface area contributed by atoms with E-state index in [1.165, 1.54) is 4.90 Å². The molecule has 0 saturated carbocycles. The molecule has 0 spiro atoms. The van der Waals surface area contributed by atoms with Gasteiger partial charge < -0.3 is 10.0 Å². The molecule has 0 fully saturated rings. The largest absolute Gasteiger partial charge is 0.465 e. The van der Waals surface area contributed by atoms with Gasteiger partial charge in [0.1, 0.15) is 0 Å². The number of hydrogen-bond donors (Lipinski definition) is 1. The van der Waals surface area contributed by atoms with Gasteiger partial charge in [-0.1, -0.05) is 11.6 Å². The van der Waals surface area contributed by atoms with E-state index in [2.05, 4.69) is 4.98 Å². The van der Waals surface area contributed by atoms with Crippen LogP contribution < -0.4 is 0 Å². The summed E-state index contributed by atoms with van der Waals surface area (Å²) in [6.45, 7) is 0.898. The first-order valence-corrected chi connectivity index (χ1v) is 4.66. The average molecular weight is 213 g/mol. The van der Waals surface area contributed by atoms with Crippen molar-refractivity contribution in [2.75, 3.05) is 6.54 Å². The summed E-state index contributed by atoms with van der Waals surface area (Å²) in [6, 6.07) is 1.78. The fourth-order valence-corrected chi connectivity index (χ4v) is 1.74. The number of halogens is 1. The van der Waals surface area contributed by atoms with E-state index >= 15 is 0 Å². The molecule has 0 saturated heterocycles. The maximum absolute atomic E-state index is 10.7. The molecule has 0 unspecified atom stereocenters. The quantitative estimate of drug-likeness (QED) is 0.713. The van der Waals surface area contributed by atoms with E-state index in [1.807, 2.05) is 0 Å². The van der Waals surface area contributed by atoms with Gasteiger partial charge >= 0.3 is 6.09 Å². The molecular formula is C9H9ClN2O2. The fraction of sp³-hybridized carbons (Fsp3) is 0.333. The number of pyridine rings is 1. The first-order chi connectivity index (χ1) is 6.66. The summed E-state index contributed by atoms with van der Waals surface area (Å²) in [5.41, 5.74) is 1.86. The number of carbonyl (C=O) groups is 1. The highest BCUT2D eigenvalue weighted by Crippen LogP contribution is 2.20. The van der Waals surface area contributed by atoms with Gasteiger partial charge in [0.15, 0.2) is 0 Å². The van der Waals surface area contributed by atoms with Crippen molar-refractivity contribution in [2.24, 2.45) is 0 Å². The van der Waals surface area contributed by atoms with Gasteiger partial charge in [0.2, 0.25) is 0 Å². The second-order valence-electron chi connectivity index (χ2n) is 3.21. The molecule has 1 aliphatic heterocycles. The monoisotopic (exact) mass is 212 g/mol. The highest BCUT2D eigenvalue weighted by Gasteiger charge is 2.20. The first kappa shape index (κ1) is 9.27. The van der Waals surface area contributed by atoms with Gasteiger partial charge in [-0.15, -0.1) is 0 Å². The van der Waals surface area contributed by atoms with Crippen LogP contribution in [0.4, 0.5) is 4.79 Å². The zero-order valence-electron chi connectivity index (χ0n) is 7.40. The minimum Gasteiger partial charge on any atom is -0.465 e. The number of nitrogens with zero attached hydrogens (tertiary/aromatic N) is 2. The summed E-state index contributed by atoms with van der Waals surface area (Å²) in [7, 11) is 0. The molecular weight excluding hydrogens is 204 g/mol. The Bertz CT molecular complexity index is 381. The predicted molar refractivity (Wildman–Crippen MR) is 51.4 cm³/mol. The van der Waals surface area contributed by atoms with Gasteiger partial charge in [-0.3, -0.25) is 4.98 Å². The second kappa shape index (κ2) is 3.46. The van der Waals surface area contributed by atoms with E-state index in [0.717, 1.165) is 11.3 Å². The Balaban J connectivity index is 2.29. The molecule has 1 aromatic rings. The van der Waals surface area contributed by atoms with E-state index in [4.69, 9.17) is 16.7 Å². The smallest absolute Gasteiger partial charge is 0.407 e. The molecule has 1 N–H and O–H groups in total. The van der Waals surface area contributed by atoms with Crippen LogP contribution in [0.15, 0.2) is 12.3 Å². The highest BCUT2D eigenvalue weighted by molar-refractivity contribution is 6.30. The van der Waals surface area contributed by atoms with Crippen LogP contribution in [0.3, 0.4) is 0 Å². The summed E-state index contributed by atoms with van der Waals surface area (Å²) in [6.07, 6.45) is 1.37. The maximum Gasteiger partial charge on any atom is 0.407 e. The molecule has 1 aromatic heterocycles. The van der Waals surface area contributed by atoms with Gasteiger partial charge in [-0.05, 0) is 11.6 Å². The Morgan fingerprint density at radius 2 is 2.43 bits per heavy atom. The molecule has 0 radical (unpaired) electrons. The average Bonchev–Trinajstić information content (AvgIpc) is 2.16. The van der Waals surface area contributed by atoms with Crippen LogP contribution in [-0.2, 0) is 13.0 Å². The minimum atomic E-state index is -0.893. The standard InChI is InChI=1S/C9H9ClN2O2/c10-7-3-6-5-12(9(13)14)2-1-8(6)11-4-7/h3-4H,1-2,5H2,(H,13,14). The molecule has 2 heterocycles. The van der Waals surface area contributed by atoms with Crippen LogP contribution >= 0.6 is 11.6 Å². The molecule has 0 aliphatic carbocycles. The third-order valence-corrected chi connectivity index (χ3v) is 2.48. The zero-order valence-corrected chi connectivity index (χ0v) is 8.16. The predicted octanol–water partition coefficient (Wildman–Crippen LogP) is 1.77. The summed E-state index contributed by atoms with van der Waals surface area (Å²) < 4.78 is 0. The van der Waals surface area contributed by atoms with Crippen molar-refractivity contribution in [3.05, 3.63) is 28.5 Å². The molecule has 5 heteroatoms. The van der Waals surface area contributed by atoms with Crippen molar-refractivity contribution in [2.45, 2.75) is 13.0 Å². The van der Waals surface area contributed by atoms with Gasteiger partial charge in [0.05, 0.1) is 11.6 Å². The number of fused-ring (bicyclic) bond motifs is 1. The van der Waals surface area contributed by atoms with Gasteiger partial charge in [0, 0.05) is 24.9 Å². The lowest BCUT2D eigenvalue weighted by Gasteiger charge is -2.25. The highest BCUT2D eigenvalue weighted by atomic mass is 35.5. The van der Waals surface area contributed by atoms with E-state index in [9.17, 15) is 4.79 Å². The number of aromatic nitrogens is 1. The van der Waals surface area contributed by atoms with Gasteiger partial charge in [-0.2, -0.15) is 0 Å². The normalized spacial score (nSPS) is 15.1. The second-order valence-corrected chi connectivity index (χ2v) is 3.65. The van der Waals surface area contributed by atoms with E-state index in [1.54, 1.807) is 12.3 Å². The summed E-state index contributed by atoms with van der Waals surface area (Å²) >= 11 is 5.78. The summed E-state index contributed by atoms with van der Waals surface area (Å²) in [5.74, 6) is 0. The maximum atomic E-state index is 10.7. The van der Waals surface area contributed by atoms with Crippen LogP contribution in [0.25, 0.3) is 0 Å². The van der Waals surface area contributed by atoms with Gasteiger partial charge in [-0.25, -0.2) is 4.79 Å². The van der Waals surface area contributed by atoms with Crippen LogP contribution in [-0.4, -0.2) is 27.6 Å². The van der Waals surface area contributed by atoms with Crippen molar-refractivity contribution < 1.29 is 9.90 Å². The Morgan fingerprint density at radius 3 is 3.14 bits per heavy atom. The molecule has 2 rings (SSSR count). The Kier molecular flexibility index (Phi) is 2.29. The van der Waals surface area contributed by atoms with E-state index in [-0.39, 0.29) is 0 Å². The van der Waals surface area contributed by atoms with E-state index < -0.39 is 6.09 Å². The number of rotatable bonds is 0. The van der Waals surface area contributed by atoms with Crippen molar-refractivity contribution in [3.8, 4) is 0 Å². The summed E-state index contributed by atoms with van der Waals surface area (Å²) in [4.78, 5) is 16.2. The van der Waals surface area contributed by atoms with Gasteiger partial charge in [0.25, 0.3) is 0 Å². The third kappa shape index (κ3) is 1.65. The van der Waals surface area contributed by atoms with E-state index in [0.29, 0.717) is 24.5 Å². The topological polar surface area (TPSA) is 53.4 Å². The lowest BCUT2D eigenvalue weighted by molar-refractivity contribution is 0.139. The Morgan fingerprint density at radius 1 is 1.64 bits per heavy atom. The molecule has 4 nitrogen and oxygen atoms in total. The summed E-state index contributed by atoms with van der Waals surface area (Å²) in [5, 5.41) is 9.36. The van der Waals surface area contributed by atoms with Crippen molar-refractivity contribution in [3.63, 3.8) is 0 Å². The molecule has 0 bridgehead atoms. The SMILES string of the molecule is O=C(O)N1CCc2ncc(Cl)cc2C1. The molecule has 74 valence electrons. The lowest BCUT2D eigenvalue weighted by atomic mass is 10.1. The van der Waals surface area contributed by atoms with Crippen molar-refractivity contribution in [1.82, 2.24) is 9.88 Å². The van der Waals surface area contributed by atoms with Crippen molar-refractivity contribution in [1.29, 1.82) is 0 Å². The third-order valence-electron chi connectivity index (χ3n) is 2.28. The lowest BCUT2D eigenvalue weighted by Crippen LogP contribution is -2.35. The molecule has 14 heavy (non-hydrogen) atoms. The molecule has 1 aliphatic rings. The molecule has 0 atom stereocenters. The Hall–Kier alpha value is -1.29. The minimum absolute atomic E-state index is 0.387. The Labute approximate surface area is 86.1 Å². The van der Waals surface area contributed by atoms with Crippen LogP contribution in [0, 0.1) is 0 Å². The zero-order chi connectivity index (χ0) is 10.1. The van der Waals surface area contributed by atoms with Crippen LogP contribution in [0.1, 0.15) is 11.3 Å². The first-order valence-electron chi connectivity index (χ1n) is 4.28.